The molecule has 3 aromatic carbocycles. The average molecular weight is 397 g/mol. The van der Waals surface area contributed by atoms with Crippen LogP contribution >= 0.6 is 0 Å². The minimum absolute atomic E-state index is 0.0671. The molecule has 2 N–H and O–H groups in total. The standard InChI is InChI=1S/C22H24N2O3S/c1-22(2,3)18-11-13-19(14-12-18)28(26,27)24-23-21(25)15-17-9-6-8-16-7-4-5-10-20(16)17/h4-14,24H,15H2,1-3H3,(H,23,25). The van der Waals surface area contributed by atoms with Gasteiger partial charge in [0.1, 0.15) is 0 Å². The zero-order valence-corrected chi connectivity index (χ0v) is 17.0. The summed E-state index contributed by atoms with van der Waals surface area (Å²) in [5, 5.41) is 2.01. The summed E-state index contributed by atoms with van der Waals surface area (Å²) in [7, 11) is -3.83. The van der Waals surface area contributed by atoms with E-state index in [2.05, 4.69) is 31.0 Å². The second kappa shape index (κ2) is 7.73. The first kappa shape index (κ1) is 20.0. The van der Waals surface area contributed by atoms with E-state index < -0.39 is 15.9 Å². The molecule has 0 aromatic heterocycles. The average Bonchev–Trinajstić information content (AvgIpc) is 2.66. The number of carbonyl (C=O) groups is 1. The molecule has 28 heavy (non-hydrogen) atoms. The van der Waals surface area contributed by atoms with Gasteiger partial charge in [-0.1, -0.05) is 75.4 Å². The lowest BCUT2D eigenvalue weighted by molar-refractivity contribution is -0.120. The van der Waals surface area contributed by atoms with Gasteiger partial charge in [-0.3, -0.25) is 10.2 Å². The molecule has 5 nitrogen and oxygen atoms in total. The monoisotopic (exact) mass is 396 g/mol. The summed E-state index contributed by atoms with van der Waals surface area (Å²) in [5.74, 6) is -0.425. The van der Waals surface area contributed by atoms with Crippen molar-refractivity contribution >= 4 is 26.7 Å². The fourth-order valence-electron chi connectivity index (χ4n) is 2.98. The molecule has 0 bridgehead atoms. The zero-order valence-electron chi connectivity index (χ0n) is 16.2. The van der Waals surface area contributed by atoms with Crippen molar-refractivity contribution in [3.8, 4) is 0 Å². The number of benzene rings is 3. The molecule has 0 aliphatic rings. The Labute approximate surface area is 165 Å². The topological polar surface area (TPSA) is 75.3 Å². The van der Waals surface area contributed by atoms with Crippen molar-refractivity contribution in [2.24, 2.45) is 0 Å². The number of carbonyl (C=O) groups excluding carboxylic acids is 1. The van der Waals surface area contributed by atoms with E-state index in [9.17, 15) is 13.2 Å². The molecule has 146 valence electrons. The lowest BCUT2D eigenvalue weighted by atomic mass is 9.87. The van der Waals surface area contributed by atoms with Crippen LogP contribution < -0.4 is 10.3 Å². The highest BCUT2D eigenvalue weighted by Gasteiger charge is 2.18. The summed E-state index contributed by atoms with van der Waals surface area (Å²) in [6.45, 7) is 6.17. The molecule has 0 unspecified atom stereocenters. The number of rotatable bonds is 5. The minimum Gasteiger partial charge on any atom is -0.277 e. The summed E-state index contributed by atoms with van der Waals surface area (Å²) < 4.78 is 24.9. The van der Waals surface area contributed by atoms with E-state index in [1.807, 2.05) is 42.5 Å². The Kier molecular flexibility index (Phi) is 5.54. The van der Waals surface area contributed by atoms with E-state index >= 15 is 0 Å². The van der Waals surface area contributed by atoms with Crippen LogP contribution in [0.2, 0.25) is 0 Å². The summed E-state index contributed by atoms with van der Waals surface area (Å²) in [4.78, 5) is 14.6. The summed E-state index contributed by atoms with van der Waals surface area (Å²) >= 11 is 0. The SMILES string of the molecule is CC(C)(C)c1ccc(S(=O)(=O)NNC(=O)Cc2cccc3ccccc23)cc1. The van der Waals surface area contributed by atoms with Gasteiger partial charge < -0.3 is 0 Å². The molecule has 3 rings (SSSR count). The van der Waals surface area contributed by atoms with E-state index in [1.54, 1.807) is 24.3 Å². The van der Waals surface area contributed by atoms with E-state index in [0.29, 0.717) is 0 Å². The number of hydrogen-bond donors (Lipinski definition) is 2. The van der Waals surface area contributed by atoms with E-state index in [1.165, 1.54) is 0 Å². The third-order valence-electron chi connectivity index (χ3n) is 4.59. The van der Waals surface area contributed by atoms with Gasteiger partial charge in [-0.15, -0.1) is 4.83 Å². The van der Waals surface area contributed by atoms with Crippen LogP contribution in [0.5, 0.6) is 0 Å². The minimum atomic E-state index is -3.83. The Bertz CT molecular complexity index is 1090. The lowest BCUT2D eigenvalue weighted by Crippen LogP contribution is -2.42. The number of sulfonamides is 1. The second-order valence-corrected chi connectivity index (χ2v) is 9.43. The fourth-order valence-corrected chi connectivity index (χ4v) is 3.84. The van der Waals surface area contributed by atoms with Crippen molar-refractivity contribution in [3.63, 3.8) is 0 Å². The summed E-state index contributed by atoms with van der Waals surface area (Å²) in [5.41, 5.74) is 4.11. The van der Waals surface area contributed by atoms with Gasteiger partial charge in [-0.25, -0.2) is 8.42 Å². The number of fused-ring (bicyclic) bond motifs is 1. The van der Waals surface area contributed by atoms with Crippen LogP contribution in [0, 0.1) is 0 Å². The Morgan fingerprint density at radius 1 is 0.893 bits per heavy atom. The molecule has 0 radical (unpaired) electrons. The molecule has 1 amide bonds. The molecule has 0 aliphatic carbocycles. The van der Waals surface area contributed by atoms with E-state index in [0.717, 1.165) is 21.9 Å². The molecular weight excluding hydrogens is 372 g/mol. The van der Waals surface area contributed by atoms with Gasteiger partial charge in [0.15, 0.2) is 0 Å². The van der Waals surface area contributed by atoms with Crippen LogP contribution in [-0.4, -0.2) is 14.3 Å². The first-order valence-electron chi connectivity index (χ1n) is 9.05. The van der Waals surface area contributed by atoms with Crippen LogP contribution in [0.3, 0.4) is 0 Å². The smallest absolute Gasteiger partial charge is 0.257 e. The molecule has 0 atom stereocenters. The van der Waals surface area contributed by atoms with Crippen molar-refractivity contribution in [3.05, 3.63) is 77.9 Å². The normalized spacial score (nSPS) is 12.1. The molecule has 3 aromatic rings. The van der Waals surface area contributed by atoms with Crippen LogP contribution in [0.1, 0.15) is 31.9 Å². The number of hydrogen-bond acceptors (Lipinski definition) is 3. The Morgan fingerprint density at radius 2 is 1.54 bits per heavy atom. The highest BCUT2D eigenvalue weighted by atomic mass is 32.2. The molecular formula is C22H24N2O3S. The third-order valence-corrected chi connectivity index (χ3v) is 5.85. The van der Waals surface area contributed by atoms with Crippen molar-refractivity contribution in [1.82, 2.24) is 10.3 Å². The van der Waals surface area contributed by atoms with Gasteiger partial charge in [0.25, 0.3) is 10.0 Å². The van der Waals surface area contributed by atoms with Gasteiger partial charge in [0.05, 0.1) is 11.3 Å². The Balaban J connectivity index is 1.68. The largest absolute Gasteiger partial charge is 0.277 e. The maximum absolute atomic E-state index is 12.4. The second-order valence-electron chi connectivity index (χ2n) is 7.74. The van der Waals surface area contributed by atoms with E-state index in [4.69, 9.17) is 0 Å². The number of hydrazine groups is 1. The Hall–Kier alpha value is -2.70. The van der Waals surface area contributed by atoms with Crippen molar-refractivity contribution in [2.75, 3.05) is 0 Å². The van der Waals surface area contributed by atoms with Crippen molar-refractivity contribution in [1.29, 1.82) is 0 Å². The molecule has 0 saturated heterocycles. The van der Waals surface area contributed by atoms with Gasteiger partial charge in [0.2, 0.25) is 5.91 Å². The van der Waals surface area contributed by atoms with Crippen LogP contribution in [0.15, 0.2) is 71.6 Å². The molecule has 0 saturated carbocycles. The van der Waals surface area contributed by atoms with Crippen LogP contribution in [-0.2, 0) is 26.7 Å². The van der Waals surface area contributed by atoms with Crippen molar-refractivity contribution in [2.45, 2.75) is 37.5 Å². The van der Waals surface area contributed by atoms with Gasteiger partial charge in [0, 0.05) is 0 Å². The highest BCUT2D eigenvalue weighted by molar-refractivity contribution is 7.89. The zero-order chi connectivity index (χ0) is 20.4. The summed E-state index contributed by atoms with van der Waals surface area (Å²) in [6.07, 6.45) is 0.0762. The first-order chi connectivity index (χ1) is 13.2. The molecule has 0 fully saturated rings. The third kappa shape index (κ3) is 4.58. The molecule has 0 aliphatic heterocycles. The molecule has 6 heteroatoms. The van der Waals surface area contributed by atoms with Gasteiger partial charge >= 0.3 is 0 Å². The van der Waals surface area contributed by atoms with Crippen LogP contribution in [0.25, 0.3) is 10.8 Å². The maximum atomic E-state index is 12.4. The summed E-state index contributed by atoms with van der Waals surface area (Å²) in [6, 6.07) is 20.1. The molecule has 0 heterocycles. The predicted octanol–water partition coefficient (Wildman–Crippen LogP) is 3.69. The van der Waals surface area contributed by atoms with E-state index in [-0.39, 0.29) is 16.7 Å². The van der Waals surface area contributed by atoms with Crippen molar-refractivity contribution < 1.29 is 13.2 Å². The number of amides is 1. The molecule has 0 spiro atoms. The van der Waals surface area contributed by atoms with Crippen LogP contribution in [0.4, 0.5) is 0 Å². The first-order valence-corrected chi connectivity index (χ1v) is 10.5. The lowest BCUT2D eigenvalue weighted by Gasteiger charge is -2.19. The quantitative estimate of drug-likeness (QED) is 0.646. The maximum Gasteiger partial charge on any atom is 0.257 e. The van der Waals surface area contributed by atoms with Gasteiger partial charge in [-0.05, 0) is 39.4 Å². The Morgan fingerprint density at radius 3 is 2.21 bits per heavy atom. The number of nitrogens with one attached hydrogen (secondary N) is 2. The predicted molar refractivity (Wildman–Crippen MR) is 111 cm³/mol. The fraction of sp³-hybridized carbons (Fsp3) is 0.227. The highest BCUT2D eigenvalue weighted by Crippen LogP contribution is 2.23. The van der Waals surface area contributed by atoms with Gasteiger partial charge in [-0.2, -0.15) is 0 Å².